The van der Waals surface area contributed by atoms with Crippen LogP contribution >= 0.6 is 0 Å². The first-order valence-corrected chi connectivity index (χ1v) is 56.2. The fourth-order valence-electron chi connectivity index (χ4n) is 13.8. The van der Waals surface area contributed by atoms with E-state index in [1.54, 1.807) is 44.0 Å². The fraction of sp³-hybridized carbons (Fsp3) is 0.713. The molecule has 19 N–H and O–H groups in total. The summed E-state index contributed by atoms with van der Waals surface area (Å²) in [7, 11) is -3.29. The quantitative estimate of drug-likeness (QED) is 0.0136. The van der Waals surface area contributed by atoms with Gasteiger partial charge in [0.05, 0.1) is 79.2 Å². The first-order chi connectivity index (χ1) is 69.7. The number of primary sulfonamides is 1. The maximum absolute atomic E-state index is 11.2. The number of aromatic nitrogens is 1. The predicted octanol–water partition coefficient (Wildman–Crippen LogP) is 13.5. The first-order valence-electron chi connectivity index (χ1n) is 52.6. The fourth-order valence-corrected chi connectivity index (χ4v) is 15.0. The average Bonchev–Trinajstić information content (AvgIpc) is 1.70. The van der Waals surface area contributed by atoms with Crippen LogP contribution in [0.1, 0.15) is 315 Å². The summed E-state index contributed by atoms with van der Waals surface area (Å²) in [5, 5.41) is 114. The number of esters is 2. The number of pyridine rings is 1. The second kappa shape index (κ2) is 97.8. The van der Waals surface area contributed by atoms with E-state index in [-0.39, 0.29) is 82.7 Å². The standard InChI is InChI=1S/C10H17NO3.C8H9NO2.C8H10.C7H9N.2C7H14O2.C7H8.3C6H13NO.2C6H12O3.C5H11NO.C5H8O2.C4H11NO2S.C4H9NO.C3H9NO2S.C3H6O2/c1-4-9-5-10(14-8(3)13)6-11(9)7(2)12;1-2-7-3-5-8(6-4-7)9(10)11;1-2-8-6-4-3-5-7-8;1-2-7-4-3-5-8-6-7;2*1-2-5-3-6(8)7(9)4-5;1-7-5-3-2-4-6-7;1-5-2-6(4-8)7-3-5;2*1-2-5-3-6(8)4-7-5;2*1-3-4-5(9-2)6(7)8;1-3-4-6-5(2)7;1-4-2-3-7-5(4)6;1-3-4-5-8(2,6)7;1-2-3-4(5)6;1-2-3-7(4,5)6;1-2-3(4)5/h9-10H,4-6H2,1-3H3;3-6H,2H2,1H3;3-7H,2H2,1H3;3-6H,2H2,1H3;2*5-9H,2-4H2,1H3;2-6H,1H3;3*5-8H,2-4H2,1H3;2*5H,3-4H2,1-2H3,(H,7,8);3-4H2,1-2H3,(H,6,7);4H,2-3H2,1H3;5H,3-4H2,1-2H3;2-3H2,1H3,(H2,5,6);2-3H2,1H3,(H2,4,5,6);2H2,1H3,(H,4,5)/t9-,10-;;;;2*5?,6-,7+;;;5?,6-;5-,6-;2*5-;;;;;;/m1.......0110....../s1. The smallest absolute Gasteiger partial charge is 0.332 e. The molecule has 6 unspecified atom stereocenters. The van der Waals surface area contributed by atoms with Crippen LogP contribution in [-0.4, -0.2) is 288 Å². The number of primary amides is 1. The molecule has 7 fully saturated rings. The van der Waals surface area contributed by atoms with E-state index in [1.807, 2.05) is 91.9 Å². The van der Waals surface area contributed by atoms with Crippen LogP contribution in [0.3, 0.4) is 0 Å². The number of amides is 3. The molecule has 11 rings (SSSR count). The number of aliphatic hydroxyl groups is 7. The minimum Gasteiger partial charge on any atom is -0.481 e. The van der Waals surface area contributed by atoms with Crippen molar-refractivity contribution >= 4 is 73.3 Å². The molecule has 1 aromatic heterocycles. The highest BCUT2D eigenvalue weighted by Gasteiger charge is 2.35. The molecule has 3 amide bonds. The molecule has 6 heterocycles. The normalized spacial score (nSPS) is 21.3. The topological polar surface area (TPSA) is 616 Å². The number of carboxylic acid groups (broad SMARTS) is 3. The zero-order chi connectivity index (χ0) is 115. The van der Waals surface area contributed by atoms with Crippen molar-refractivity contribution in [2.75, 3.05) is 78.7 Å². The Hall–Kier alpha value is -8.69. The number of nitrogens with zero attached hydrogens (tertiary/aromatic N) is 3. The zero-order valence-electron chi connectivity index (χ0n) is 93.8. The van der Waals surface area contributed by atoms with Crippen LogP contribution in [0.5, 0.6) is 0 Å². The van der Waals surface area contributed by atoms with E-state index in [2.05, 4.69) is 148 Å². The van der Waals surface area contributed by atoms with E-state index >= 15 is 0 Å². The first kappa shape index (κ1) is 152. The summed E-state index contributed by atoms with van der Waals surface area (Å²) in [6, 6.07) is 33.1. The molecular formula is C108H198N10O28S2. The zero-order valence-corrected chi connectivity index (χ0v) is 95.4. The van der Waals surface area contributed by atoms with Gasteiger partial charge in [0.15, 0.2) is 12.2 Å². The van der Waals surface area contributed by atoms with E-state index in [0.717, 1.165) is 185 Å². The molecule has 0 bridgehead atoms. The lowest BCUT2D eigenvalue weighted by Gasteiger charge is -2.20. The van der Waals surface area contributed by atoms with Gasteiger partial charge in [-0.15, -0.1) is 0 Å². The number of hydrogen-bond donors (Lipinski definition) is 17. The van der Waals surface area contributed by atoms with Gasteiger partial charge in [0.2, 0.25) is 37.8 Å². The van der Waals surface area contributed by atoms with Crippen molar-refractivity contribution in [2.24, 2.45) is 34.5 Å². The number of aliphatic hydroxyl groups excluding tert-OH is 7. The van der Waals surface area contributed by atoms with Crippen molar-refractivity contribution < 1.29 is 130 Å². The summed E-state index contributed by atoms with van der Waals surface area (Å²) in [5.41, 5.74) is 10.1. The molecule has 2 saturated carbocycles. The monoisotopic (exact) mass is 2150 g/mol. The third-order valence-corrected chi connectivity index (χ3v) is 24.5. The van der Waals surface area contributed by atoms with Crippen molar-refractivity contribution in [1.82, 2.24) is 35.9 Å². The van der Waals surface area contributed by atoms with E-state index in [4.69, 9.17) is 61.5 Å². The Morgan fingerprint density at radius 3 is 1.18 bits per heavy atom. The average molecular weight is 2150 g/mol. The summed E-state index contributed by atoms with van der Waals surface area (Å²) in [4.78, 5) is 97.6. The summed E-state index contributed by atoms with van der Waals surface area (Å²) in [5.74, 6) is -0.797. The number of likely N-dealkylation sites (tertiary alicyclic amines) is 1. The molecule has 148 heavy (non-hydrogen) atoms. The highest BCUT2D eigenvalue weighted by atomic mass is 32.2. The van der Waals surface area contributed by atoms with Gasteiger partial charge in [-0.05, 0) is 182 Å². The van der Waals surface area contributed by atoms with Gasteiger partial charge in [0.25, 0.3) is 5.69 Å². The SMILES string of the molecule is CC1CCOC1=O.CC1CNC(CO)C1.CCC(=O)O.CCC1C[C@@H](O)[C@@H](O)C1.CCC1C[C@@H](O)[C@@H](O)C1.CCC1C[C@H](O)CN1.CCCC(N)=O.CCCNC(C)=O.CCCNS(C)(=O)=O.CCCS(N)(=O)=O.CCC[C@@H](OC)C(=O)O.CCC[C@H](OC)C(=O)O.CC[C@@H]1C[C@@H](O)CN1.CC[C@@H]1C[C@@H](OC(C)=O)CN1C(C)=O.CCc1ccc([N+](=O)[O-])cc1.CCc1ccccc1.CCc1cccnc1.Cc1ccccc1. The number of nitrogens with two attached hydrogens (primary N) is 2. The van der Waals surface area contributed by atoms with Crippen molar-refractivity contribution in [1.29, 1.82) is 0 Å². The Balaban J connectivity index is -0.000000286. The number of non-ortho nitro benzene ring substituents is 1. The van der Waals surface area contributed by atoms with E-state index in [9.17, 15) is 65.3 Å². The predicted molar refractivity (Wildman–Crippen MR) is 587 cm³/mol. The van der Waals surface area contributed by atoms with Gasteiger partial charge in [0.1, 0.15) is 6.10 Å². The molecule has 7 aliphatic rings. The summed E-state index contributed by atoms with van der Waals surface area (Å²) in [6.45, 7) is 46.0. The highest BCUT2D eigenvalue weighted by Crippen LogP contribution is 2.29. The molecule has 2 aliphatic carbocycles. The van der Waals surface area contributed by atoms with Gasteiger partial charge in [-0.2, -0.15) is 0 Å². The van der Waals surface area contributed by atoms with E-state index < -0.39 is 74.6 Å². The number of sulfonamides is 2. The number of methoxy groups -OCH3 is 2. The number of aryl methyl sites for hydroxylation is 4. The maximum atomic E-state index is 11.2. The van der Waals surface area contributed by atoms with Crippen LogP contribution in [0.15, 0.2) is 109 Å². The second-order valence-electron chi connectivity index (χ2n) is 36.4. The number of nitro benzene ring substituents is 1. The summed E-state index contributed by atoms with van der Waals surface area (Å²) >= 11 is 0. The van der Waals surface area contributed by atoms with E-state index in [0.29, 0.717) is 81.9 Å². The van der Waals surface area contributed by atoms with Gasteiger partial charge in [-0.3, -0.25) is 43.9 Å². The number of nitrogens with one attached hydrogen (secondary N) is 5. The number of nitro groups is 1. The molecule has 860 valence electrons. The van der Waals surface area contributed by atoms with Gasteiger partial charge in [-0.1, -0.05) is 228 Å². The third kappa shape index (κ3) is 94.5. The second-order valence-corrected chi connectivity index (χ2v) is 40.0. The molecule has 17 atom stereocenters. The van der Waals surface area contributed by atoms with Gasteiger partial charge in [0, 0.05) is 129 Å². The largest absolute Gasteiger partial charge is 0.481 e. The number of aliphatic carboxylic acids is 3. The maximum Gasteiger partial charge on any atom is 0.332 e. The number of rotatable bonds is 29. The number of benzene rings is 3. The van der Waals surface area contributed by atoms with Crippen LogP contribution < -0.4 is 36.9 Å². The van der Waals surface area contributed by atoms with Crippen molar-refractivity contribution in [3.05, 3.63) is 142 Å². The van der Waals surface area contributed by atoms with Crippen LogP contribution in [-0.2, 0) is 96.6 Å². The lowest BCUT2D eigenvalue weighted by atomic mass is 10.1. The molecule has 5 saturated heterocycles. The van der Waals surface area contributed by atoms with Crippen LogP contribution in [0.4, 0.5) is 5.69 Å². The molecular weight excluding hydrogens is 1950 g/mol. The lowest BCUT2D eigenvalue weighted by Crippen LogP contribution is -2.33. The molecule has 0 radical (unpaired) electrons. The summed E-state index contributed by atoms with van der Waals surface area (Å²) in [6.07, 6.45) is 24.7. The Morgan fingerprint density at radius 2 is 1.00 bits per heavy atom. The van der Waals surface area contributed by atoms with Crippen LogP contribution in [0.2, 0.25) is 0 Å². The highest BCUT2D eigenvalue weighted by molar-refractivity contribution is 7.89. The summed E-state index contributed by atoms with van der Waals surface area (Å²) < 4.78 is 61.9. The molecule has 38 nitrogen and oxygen atoms in total. The Morgan fingerprint density at radius 1 is 0.568 bits per heavy atom. The number of cyclic esters (lactones) is 1. The number of β-amino-alcohol motifs (C(OH)–C–C–N with tert-alkyl or cyclic N) is 2. The Bertz CT molecular complexity index is 4000. The number of ether oxygens (including phenoxy) is 4. The number of carboxylic acids is 3. The molecule has 5 aliphatic heterocycles. The van der Waals surface area contributed by atoms with Crippen LogP contribution in [0, 0.1) is 40.7 Å². The van der Waals surface area contributed by atoms with Crippen molar-refractivity contribution in [3.8, 4) is 0 Å². The van der Waals surface area contributed by atoms with Crippen molar-refractivity contribution in [2.45, 2.75) is 398 Å². The molecule has 3 aromatic carbocycles. The van der Waals surface area contributed by atoms with Gasteiger partial charge < -0.3 is 102 Å². The van der Waals surface area contributed by atoms with E-state index in [1.165, 1.54) is 56.9 Å². The molecule has 4 aromatic rings. The third-order valence-electron chi connectivity index (χ3n) is 22.8. The minimum absolute atomic E-state index is 0.0417. The van der Waals surface area contributed by atoms with Gasteiger partial charge in [-0.25, -0.2) is 36.3 Å². The minimum atomic E-state index is -3.17. The molecule has 40 heteroatoms. The Kier molecular flexibility index (Phi) is 101. The van der Waals surface area contributed by atoms with Gasteiger partial charge >= 0.3 is 29.8 Å². The number of carbonyl (C=O) groups excluding carboxylic acids is 5. The Labute approximate surface area is 887 Å². The van der Waals surface area contributed by atoms with Crippen LogP contribution in [0.25, 0.3) is 0 Å². The lowest BCUT2D eigenvalue weighted by molar-refractivity contribution is -0.384. The number of hydrogen-bond acceptors (Lipinski definition) is 29. The number of carbonyl (C=O) groups is 8. The molecule has 0 spiro atoms. The van der Waals surface area contributed by atoms with Crippen molar-refractivity contribution in [3.63, 3.8) is 0 Å².